The molecule has 5 nitrogen and oxygen atoms in total. The fourth-order valence-corrected chi connectivity index (χ4v) is 2.36. The molecule has 122 valence electrons. The normalized spacial score (nSPS) is 10.1. The van der Waals surface area contributed by atoms with Crippen molar-refractivity contribution < 1.29 is 23.7 Å². The van der Waals surface area contributed by atoms with Gasteiger partial charge in [-0.15, -0.1) is 0 Å². The van der Waals surface area contributed by atoms with Gasteiger partial charge in [0.25, 0.3) is 0 Å². The average Bonchev–Trinajstić information content (AvgIpc) is 2.55. The molecule has 0 aliphatic carbocycles. The van der Waals surface area contributed by atoms with Crippen LogP contribution < -0.4 is 18.9 Å². The Morgan fingerprint density at radius 1 is 0.870 bits per heavy atom. The van der Waals surface area contributed by atoms with E-state index < -0.39 is 5.97 Å². The van der Waals surface area contributed by atoms with Gasteiger partial charge in [-0.2, -0.15) is 0 Å². The minimum atomic E-state index is -0.617. The molecule has 0 N–H and O–H groups in total. The molecule has 2 aromatic carbocycles. The highest BCUT2D eigenvalue weighted by Crippen LogP contribution is 2.38. The molecule has 0 bridgehead atoms. The highest BCUT2D eigenvalue weighted by Gasteiger charge is 2.19. The van der Waals surface area contributed by atoms with Crippen molar-refractivity contribution in [2.24, 2.45) is 0 Å². The zero-order chi connectivity index (χ0) is 17.0. The minimum absolute atomic E-state index is 0.204. The van der Waals surface area contributed by atoms with Crippen LogP contribution in [0.2, 0.25) is 10.0 Å². The number of hydrogen-bond donors (Lipinski definition) is 0. The predicted molar refractivity (Wildman–Crippen MR) is 87.5 cm³/mol. The fourth-order valence-electron chi connectivity index (χ4n) is 1.92. The van der Waals surface area contributed by atoms with E-state index in [1.54, 1.807) is 6.07 Å². The summed E-state index contributed by atoms with van der Waals surface area (Å²) < 4.78 is 20.9. The SMILES string of the molecule is COc1cc(C(=O)Oc2ccc(Cl)cc2Cl)cc(OC)c1OC. The van der Waals surface area contributed by atoms with Gasteiger partial charge in [0.15, 0.2) is 11.5 Å². The molecule has 0 radical (unpaired) electrons. The molecule has 0 heterocycles. The van der Waals surface area contributed by atoms with Crippen LogP contribution in [0.3, 0.4) is 0 Å². The lowest BCUT2D eigenvalue weighted by Gasteiger charge is -2.14. The van der Waals surface area contributed by atoms with Crippen molar-refractivity contribution in [1.29, 1.82) is 0 Å². The van der Waals surface area contributed by atoms with Crippen molar-refractivity contribution in [1.82, 2.24) is 0 Å². The van der Waals surface area contributed by atoms with E-state index in [9.17, 15) is 4.79 Å². The van der Waals surface area contributed by atoms with E-state index in [4.69, 9.17) is 42.1 Å². The highest BCUT2D eigenvalue weighted by molar-refractivity contribution is 6.35. The number of methoxy groups -OCH3 is 3. The number of esters is 1. The van der Waals surface area contributed by atoms with Crippen molar-refractivity contribution in [2.45, 2.75) is 0 Å². The molecule has 0 fully saturated rings. The van der Waals surface area contributed by atoms with Crippen LogP contribution in [0.15, 0.2) is 30.3 Å². The average molecular weight is 357 g/mol. The number of halogens is 2. The first-order chi connectivity index (χ1) is 11.0. The highest BCUT2D eigenvalue weighted by atomic mass is 35.5. The summed E-state index contributed by atoms with van der Waals surface area (Å²) in [5.41, 5.74) is 0.227. The first-order valence-corrected chi connectivity index (χ1v) is 7.23. The summed E-state index contributed by atoms with van der Waals surface area (Å²) in [5.74, 6) is 0.668. The van der Waals surface area contributed by atoms with Crippen molar-refractivity contribution in [2.75, 3.05) is 21.3 Å². The molecule has 0 atom stereocenters. The van der Waals surface area contributed by atoms with Crippen LogP contribution in [-0.2, 0) is 0 Å². The Labute approximate surface area is 143 Å². The van der Waals surface area contributed by atoms with Crippen molar-refractivity contribution in [3.63, 3.8) is 0 Å². The smallest absolute Gasteiger partial charge is 0.343 e. The molecule has 7 heteroatoms. The predicted octanol–water partition coefficient (Wildman–Crippen LogP) is 4.24. The summed E-state index contributed by atoms with van der Waals surface area (Å²) in [6, 6.07) is 7.56. The maximum absolute atomic E-state index is 12.3. The minimum Gasteiger partial charge on any atom is -0.493 e. The molecule has 23 heavy (non-hydrogen) atoms. The number of carbonyl (C=O) groups is 1. The topological polar surface area (TPSA) is 54.0 Å². The van der Waals surface area contributed by atoms with Gasteiger partial charge in [0.1, 0.15) is 5.75 Å². The van der Waals surface area contributed by atoms with Gasteiger partial charge in [0, 0.05) is 5.02 Å². The van der Waals surface area contributed by atoms with Gasteiger partial charge in [0.05, 0.1) is 31.9 Å². The van der Waals surface area contributed by atoms with E-state index in [-0.39, 0.29) is 16.3 Å². The summed E-state index contributed by atoms with van der Waals surface area (Å²) in [5, 5.41) is 0.681. The van der Waals surface area contributed by atoms with Crippen LogP contribution in [0, 0.1) is 0 Å². The van der Waals surface area contributed by atoms with Crippen LogP contribution in [-0.4, -0.2) is 27.3 Å². The van der Waals surface area contributed by atoms with Gasteiger partial charge in [-0.05, 0) is 30.3 Å². The van der Waals surface area contributed by atoms with Gasteiger partial charge >= 0.3 is 5.97 Å². The lowest BCUT2D eigenvalue weighted by molar-refractivity contribution is 0.0734. The van der Waals surface area contributed by atoms with Crippen LogP contribution >= 0.6 is 23.2 Å². The second kappa shape index (κ2) is 7.44. The first kappa shape index (κ1) is 17.2. The number of carbonyl (C=O) groups excluding carboxylic acids is 1. The lowest BCUT2D eigenvalue weighted by atomic mass is 10.2. The van der Waals surface area contributed by atoms with Crippen LogP contribution in [0.5, 0.6) is 23.0 Å². The van der Waals surface area contributed by atoms with Crippen molar-refractivity contribution in [3.8, 4) is 23.0 Å². The Hall–Kier alpha value is -2.11. The quantitative estimate of drug-likeness (QED) is 0.592. The third-order valence-electron chi connectivity index (χ3n) is 3.00. The van der Waals surface area contributed by atoms with Gasteiger partial charge < -0.3 is 18.9 Å². The Balaban J connectivity index is 2.35. The molecule has 0 amide bonds. The molecule has 0 aromatic heterocycles. The lowest BCUT2D eigenvalue weighted by Crippen LogP contribution is -2.10. The van der Waals surface area contributed by atoms with Crippen LogP contribution in [0.25, 0.3) is 0 Å². The molecule has 0 aliphatic heterocycles. The Kier molecular flexibility index (Phi) is 5.58. The summed E-state index contributed by atoms with van der Waals surface area (Å²) in [6.07, 6.45) is 0. The van der Waals surface area contributed by atoms with Gasteiger partial charge in [-0.3, -0.25) is 0 Å². The molecule has 0 unspecified atom stereocenters. The number of rotatable bonds is 5. The Bertz CT molecular complexity index is 705. The zero-order valence-electron chi connectivity index (χ0n) is 12.7. The maximum atomic E-state index is 12.3. The van der Waals surface area contributed by atoms with E-state index in [0.717, 1.165) is 0 Å². The summed E-state index contributed by atoms with van der Waals surface area (Å²) in [6.45, 7) is 0. The standard InChI is InChI=1S/C16H14Cl2O5/c1-20-13-6-9(7-14(21-2)15(13)22-3)16(19)23-12-5-4-10(17)8-11(12)18/h4-8H,1-3H3. The van der Waals surface area contributed by atoms with Crippen LogP contribution in [0.1, 0.15) is 10.4 Å². The first-order valence-electron chi connectivity index (χ1n) is 6.47. The van der Waals surface area contributed by atoms with E-state index >= 15 is 0 Å². The molecule has 0 spiro atoms. The largest absolute Gasteiger partial charge is 0.493 e. The van der Waals surface area contributed by atoms with E-state index in [1.165, 1.54) is 45.6 Å². The van der Waals surface area contributed by atoms with Crippen molar-refractivity contribution in [3.05, 3.63) is 45.9 Å². The van der Waals surface area contributed by atoms with E-state index in [0.29, 0.717) is 22.3 Å². The molecular weight excluding hydrogens is 343 g/mol. The summed E-state index contributed by atoms with van der Waals surface area (Å²) >= 11 is 11.8. The molecule has 2 aromatic rings. The monoisotopic (exact) mass is 356 g/mol. The zero-order valence-corrected chi connectivity index (χ0v) is 14.2. The maximum Gasteiger partial charge on any atom is 0.343 e. The van der Waals surface area contributed by atoms with Crippen LogP contribution in [0.4, 0.5) is 0 Å². The number of benzene rings is 2. The Morgan fingerprint density at radius 2 is 1.48 bits per heavy atom. The molecule has 0 saturated heterocycles. The fraction of sp³-hybridized carbons (Fsp3) is 0.188. The molecular formula is C16H14Cl2O5. The van der Waals surface area contributed by atoms with E-state index in [2.05, 4.69) is 0 Å². The third kappa shape index (κ3) is 3.81. The van der Waals surface area contributed by atoms with Gasteiger partial charge in [0.2, 0.25) is 5.75 Å². The third-order valence-corrected chi connectivity index (χ3v) is 3.53. The van der Waals surface area contributed by atoms with E-state index in [1.807, 2.05) is 0 Å². The van der Waals surface area contributed by atoms with Gasteiger partial charge in [-0.1, -0.05) is 23.2 Å². The van der Waals surface area contributed by atoms with Gasteiger partial charge in [-0.25, -0.2) is 4.79 Å². The Morgan fingerprint density at radius 3 is 1.96 bits per heavy atom. The number of ether oxygens (including phenoxy) is 4. The molecule has 2 rings (SSSR count). The number of hydrogen-bond acceptors (Lipinski definition) is 5. The molecule has 0 aliphatic rings. The second-order valence-electron chi connectivity index (χ2n) is 4.38. The second-order valence-corrected chi connectivity index (χ2v) is 5.22. The summed E-state index contributed by atoms with van der Waals surface area (Å²) in [7, 11) is 4.40. The molecule has 0 saturated carbocycles. The van der Waals surface area contributed by atoms with Crippen molar-refractivity contribution >= 4 is 29.2 Å². The summed E-state index contributed by atoms with van der Waals surface area (Å²) in [4.78, 5) is 12.3.